The summed E-state index contributed by atoms with van der Waals surface area (Å²) in [5.74, 6) is 0. The van der Waals surface area contributed by atoms with E-state index in [1.165, 1.54) is 14.0 Å². The molecule has 3 N–H and O–H groups in total. The number of hydrogen-bond acceptors (Lipinski definition) is 5. The Morgan fingerprint density at radius 2 is 2.00 bits per heavy atom. The summed E-state index contributed by atoms with van der Waals surface area (Å²) in [5.41, 5.74) is 0. The second-order valence-electron chi connectivity index (χ2n) is 2.92. The van der Waals surface area contributed by atoms with Gasteiger partial charge in [0.1, 0.15) is 18.3 Å². The first-order chi connectivity index (χ1) is 5.57. The summed E-state index contributed by atoms with van der Waals surface area (Å²) < 4.78 is 9.74. The van der Waals surface area contributed by atoms with Crippen molar-refractivity contribution in [3.05, 3.63) is 0 Å². The Morgan fingerprint density at radius 1 is 1.42 bits per heavy atom. The number of hydrogen-bond donors (Lipinski definition) is 3. The fourth-order valence-corrected chi connectivity index (χ4v) is 1.34. The summed E-state index contributed by atoms with van der Waals surface area (Å²) in [5, 5.41) is 27.5. The minimum atomic E-state index is -1.27. The highest BCUT2D eigenvalue weighted by Gasteiger charge is 2.45. The number of rotatable bonds is 2. The molecule has 0 aromatic heterocycles. The first-order valence-corrected chi connectivity index (χ1v) is 3.80. The minimum Gasteiger partial charge on any atom is -0.391 e. The van der Waals surface area contributed by atoms with Crippen LogP contribution in [0.4, 0.5) is 0 Å². The molecule has 5 nitrogen and oxygen atoms in total. The van der Waals surface area contributed by atoms with Crippen LogP contribution in [0.2, 0.25) is 0 Å². The third kappa shape index (κ3) is 1.60. The summed E-state index contributed by atoms with van der Waals surface area (Å²) in [6.45, 7) is 1.52. The van der Waals surface area contributed by atoms with Crippen molar-refractivity contribution in [2.75, 3.05) is 7.11 Å². The molecule has 0 amide bonds. The number of methoxy groups -OCH3 is 1. The van der Waals surface area contributed by atoms with E-state index in [4.69, 9.17) is 19.7 Å². The molecule has 0 aromatic rings. The average molecular weight is 178 g/mol. The van der Waals surface area contributed by atoms with Crippen molar-refractivity contribution in [3.8, 4) is 0 Å². The van der Waals surface area contributed by atoms with Gasteiger partial charge >= 0.3 is 0 Å². The van der Waals surface area contributed by atoms with Crippen LogP contribution in [0.15, 0.2) is 0 Å². The Balaban J connectivity index is 2.65. The maximum Gasteiger partial charge on any atom is 0.184 e. The zero-order chi connectivity index (χ0) is 9.30. The molecule has 0 spiro atoms. The number of aliphatic hydroxyl groups is 3. The largest absolute Gasteiger partial charge is 0.391 e. The molecule has 0 bridgehead atoms. The summed E-state index contributed by atoms with van der Waals surface area (Å²) in [4.78, 5) is 0. The van der Waals surface area contributed by atoms with Crippen LogP contribution in [0.25, 0.3) is 0 Å². The molecule has 0 radical (unpaired) electrons. The first-order valence-electron chi connectivity index (χ1n) is 3.80. The lowest BCUT2D eigenvalue weighted by Crippen LogP contribution is -2.39. The lowest BCUT2D eigenvalue weighted by molar-refractivity contribution is -0.143. The van der Waals surface area contributed by atoms with Gasteiger partial charge in [0.15, 0.2) is 6.29 Å². The first kappa shape index (κ1) is 9.88. The van der Waals surface area contributed by atoms with E-state index in [-0.39, 0.29) is 0 Å². The van der Waals surface area contributed by atoms with Crippen LogP contribution in [0.5, 0.6) is 0 Å². The maximum absolute atomic E-state index is 9.27. The van der Waals surface area contributed by atoms with E-state index in [9.17, 15) is 5.11 Å². The lowest BCUT2D eigenvalue weighted by atomic mass is 10.1. The van der Waals surface area contributed by atoms with Gasteiger partial charge < -0.3 is 24.8 Å². The number of ether oxygens (including phenoxy) is 2. The molecule has 0 aromatic carbocycles. The van der Waals surface area contributed by atoms with Crippen molar-refractivity contribution in [1.82, 2.24) is 0 Å². The molecule has 1 fully saturated rings. The van der Waals surface area contributed by atoms with Crippen LogP contribution in [0.3, 0.4) is 0 Å². The molecule has 1 saturated heterocycles. The van der Waals surface area contributed by atoms with E-state index < -0.39 is 30.7 Å². The lowest BCUT2D eigenvalue weighted by Gasteiger charge is -2.20. The third-order valence-electron chi connectivity index (χ3n) is 2.00. The Kier molecular flexibility index (Phi) is 3.03. The van der Waals surface area contributed by atoms with E-state index in [2.05, 4.69) is 0 Å². The molecule has 5 atom stereocenters. The van der Waals surface area contributed by atoms with E-state index >= 15 is 0 Å². The second kappa shape index (κ2) is 3.68. The van der Waals surface area contributed by atoms with E-state index in [1.807, 2.05) is 0 Å². The van der Waals surface area contributed by atoms with Crippen molar-refractivity contribution in [3.63, 3.8) is 0 Å². The fraction of sp³-hybridized carbons (Fsp3) is 1.00. The van der Waals surface area contributed by atoms with Crippen molar-refractivity contribution in [2.24, 2.45) is 0 Å². The molecular formula is C7H14O5. The Labute approximate surface area is 70.5 Å². The summed E-state index contributed by atoms with van der Waals surface area (Å²) in [6, 6.07) is 0. The maximum atomic E-state index is 9.27. The van der Waals surface area contributed by atoms with Crippen molar-refractivity contribution >= 4 is 0 Å². The molecule has 1 heterocycles. The van der Waals surface area contributed by atoms with Gasteiger partial charge in [-0.2, -0.15) is 0 Å². The SMILES string of the molecule is COC1C(O)C(O)OC1C(C)O. The van der Waals surface area contributed by atoms with E-state index in [0.717, 1.165) is 0 Å². The molecule has 1 aliphatic rings. The van der Waals surface area contributed by atoms with Crippen LogP contribution in [0.1, 0.15) is 6.92 Å². The summed E-state index contributed by atoms with van der Waals surface area (Å²) in [6.07, 6.45) is -4.47. The molecule has 0 saturated carbocycles. The predicted molar refractivity (Wildman–Crippen MR) is 39.4 cm³/mol. The van der Waals surface area contributed by atoms with Gasteiger partial charge in [0.05, 0.1) is 6.10 Å². The molecule has 5 unspecified atom stereocenters. The topological polar surface area (TPSA) is 79.2 Å². The minimum absolute atomic E-state index is 0.667. The molecule has 0 aliphatic carbocycles. The summed E-state index contributed by atoms with van der Waals surface area (Å²) >= 11 is 0. The fourth-order valence-electron chi connectivity index (χ4n) is 1.34. The quantitative estimate of drug-likeness (QED) is 0.477. The van der Waals surface area contributed by atoms with Gasteiger partial charge in [-0.25, -0.2) is 0 Å². The van der Waals surface area contributed by atoms with Gasteiger partial charge in [-0.3, -0.25) is 0 Å². The second-order valence-corrected chi connectivity index (χ2v) is 2.92. The smallest absolute Gasteiger partial charge is 0.184 e. The highest BCUT2D eigenvalue weighted by atomic mass is 16.7. The van der Waals surface area contributed by atoms with Crippen molar-refractivity contribution in [2.45, 2.75) is 37.6 Å². The monoisotopic (exact) mass is 178 g/mol. The van der Waals surface area contributed by atoms with Crippen LogP contribution >= 0.6 is 0 Å². The van der Waals surface area contributed by atoms with Gasteiger partial charge in [0.25, 0.3) is 0 Å². The number of aliphatic hydroxyl groups excluding tert-OH is 3. The molecule has 1 aliphatic heterocycles. The van der Waals surface area contributed by atoms with Gasteiger partial charge in [0, 0.05) is 7.11 Å². The standard InChI is InChI=1S/C7H14O5/c1-3(8)5-6(11-2)4(9)7(10)12-5/h3-10H,1-2H3. The zero-order valence-corrected chi connectivity index (χ0v) is 7.04. The van der Waals surface area contributed by atoms with E-state index in [1.54, 1.807) is 0 Å². The van der Waals surface area contributed by atoms with Gasteiger partial charge in [-0.1, -0.05) is 0 Å². The molecule has 5 heteroatoms. The van der Waals surface area contributed by atoms with Crippen molar-refractivity contribution < 1.29 is 24.8 Å². The van der Waals surface area contributed by atoms with Crippen LogP contribution in [0, 0.1) is 0 Å². The molecule has 1 rings (SSSR count). The van der Waals surface area contributed by atoms with Crippen molar-refractivity contribution in [1.29, 1.82) is 0 Å². The Bertz CT molecular complexity index is 149. The Hall–Kier alpha value is -0.200. The zero-order valence-electron chi connectivity index (χ0n) is 7.04. The highest BCUT2D eigenvalue weighted by molar-refractivity contribution is 4.89. The summed E-state index contributed by atoms with van der Waals surface area (Å²) in [7, 11) is 1.39. The third-order valence-corrected chi connectivity index (χ3v) is 2.00. The molecule has 72 valence electrons. The molecule has 12 heavy (non-hydrogen) atoms. The van der Waals surface area contributed by atoms with Crippen LogP contribution < -0.4 is 0 Å². The van der Waals surface area contributed by atoms with Gasteiger partial charge in [-0.05, 0) is 6.92 Å². The predicted octanol–water partition coefficient (Wildman–Crippen LogP) is -1.54. The normalized spacial score (nSPS) is 44.8. The molecular weight excluding hydrogens is 164 g/mol. The van der Waals surface area contributed by atoms with E-state index in [0.29, 0.717) is 0 Å². The highest BCUT2D eigenvalue weighted by Crippen LogP contribution is 2.24. The van der Waals surface area contributed by atoms with Crippen LogP contribution in [-0.4, -0.2) is 53.1 Å². The Morgan fingerprint density at radius 3 is 2.33 bits per heavy atom. The average Bonchev–Trinajstić information content (AvgIpc) is 2.29. The van der Waals surface area contributed by atoms with Gasteiger partial charge in [-0.15, -0.1) is 0 Å². The van der Waals surface area contributed by atoms with Gasteiger partial charge in [0.2, 0.25) is 0 Å². The van der Waals surface area contributed by atoms with Crippen LogP contribution in [-0.2, 0) is 9.47 Å².